The molecule has 0 aliphatic carbocycles. The van der Waals surface area contributed by atoms with Crippen molar-refractivity contribution >= 4 is 27.4 Å². The highest BCUT2D eigenvalue weighted by molar-refractivity contribution is 7.91. The Bertz CT molecular complexity index is 982. The highest BCUT2D eigenvalue weighted by Crippen LogP contribution is 2.19. The van der Waals surface area contributed by atoms with Gasteiger partial charge in [0.05, 0.1) is 11.5 Å². The normalized spacial score (nSPS) is 19.7. The number of amides is 1. The van der Waals surface area contributed by atoms with Gasteiger partial charge in [-0.3, -0.25) is 4.79 Å². The molecule has 0 bridgehead atoms. The van der Waals surface area contributed by atoms with E-state index < -0.39 is 27.8 Å². The highest BCUT2D eigenvalue weighted by atomic mass is 32.2. The molecule has 9 heteroatoms. The van der Waals surface area contributed by atoms with Crippen LogP contribution in [0.15, 0.2) is 24.4 Å². The van der Waals surface area contributed by atoms with Crippen LogP contribution in [0.2, 0.25) is 0 Å². The summed E-state index contributed by atoms with van der Waals surface area (Å²) in [6, 6.07) is 5.14. The molecule has 1 aliphatic rings. The summed E-state index contributed by atoms with van der Waals surface area (Å²) in [6.45, 7) is 5.52. The predicted octanol–water partition coefficient (Wildman–Crippen LogP) is 1.22. The molecule has 146 valence electrons. The van der Waals surface area contributed by atoms with Crippen molar-refractivity contribution in [1.82, 2.24) is 14.3 Å². The Kier molecular flexibility index (Phi) is 5.23. The molecular formula is C18H23N3O5S. The molecule has 1 fully saturated rings. The van der Waals surface area contributed by atoms with E-state index in [0.29, 0.717) is 18.6 Å². The fourth-order valence-corrected chi connectivity index (χ4v) is 5.10. The van der Waals surface area contributed by atoms with E-state index in [9.17, 15) is 18.0 Å². The largest absolute Gasteiger partial charge is 0.448 e. The molecule has 0 saturated carbocycles. The SMILES string of the molecule is CCN(C(=O)C(C)OC(=O)c1cn2c(C)cccc2n1)C1CCS(=O)(=O)C1. The Hall–Kier alpha value is -2.42. The number of nitrogens with zero attached hydrogens (tertiary/aromatic N) is 3. The van der Waals surface area contributed by atoms with Gasteiger partial charge in [0.2, 0.25) is 0 Å². The minimum atomic E-state index is -3.11. The Labute approximate surface area is 158 Å². The van der Waals surface area contributed by atoms with Crippen molar-refractivity contribution in [2.75, 3.05) is 18.1 Å². The van der Waals surface area contributed by atoms with Crippen LogP contribution in [0, 0.1) is 6.92 Å². The summed E-state index contributed by atoms with van der Waals surface area (Å²) in [6.07, 6.45) is 0.964. The van der Waals surface area contributed by atoms with Crippen molar-refractivity contribution in [2.24, 2.45) is 0 Å². The number of hydrogen-bond acceptors (Lipinski definition) is 6. The Morgan fingerprint density at radius 2 is 2.15 bits per heavy atom. The number of aromatic nitrogens is 2. The standard InChI is InChI=1S/C18H23N3O5S/c1-4-20(14-8-9-27(24,25)11-14)17(22)13(3)26-18(23)15-10-21-12(2)6-5-7-16(21)19-15/h5-7,10,13-14H,4,8-9,11H2,1-3H3. The Balaban J connectivity index is 1.71. The fraction of sp³-hybridized carbons (Fsp3) is 0.500. The van der Waals surface area contributed by atoms with Gasteiger partial charge in [-0.25, -0.2) is 18.2 Å². The summed E-state index contributed by atoms with van der Waals surface area (Å²) in [7, 11) is -3.11. The topological polar surface area (TPSA) is 98.0 Å². The predicted molar refractivity (Wildman–Crippen MR) is 99.3 cm³/mol. The first kappa shape index (κ1) is 19.3. The number of hydrogen-bond donors (Lipinski definition) is 0. The molecule has 2 atom stereocenters. The van der Waals surface area contributed by atoms with Crippen LogP contribution in [0.4, 0.5) is 0 Å². The summed E-state index contributed by atoms with van der Waals surface area (Å²) >= 11 is 0. The van der Waals surface area contributed by atoms with Crippen LogP contribution in [0.25, 0.3) is 5.65 Å². The van der Waals surface area contributed by atoms with Crippen molar-refractivity contribution in [2.45, 2.75) is 39.3 Å². The summed E-state index contributed by atoms with van der Waals surface area (Å²) < 4.78 is 30.5. The maximum absolute atomic E-state index is 12.7. The van der Waals surface area contributed by atoms with Crippen LogP contribution in [0.5, 0.6) is 0 Å². The second-order valence-corrected chi connectivity index (χ2v) is 8.98. The van der Waals surface area contributed by atoms with Crippen molar-refractivity contribution in [3.63, 3.8) is 0 Å². The molecule has 0 radical (unpaired) electrons. The molecule has 2 unspecified atom stereocenters. The van der Waals surface area contributed by atoms with Gasteiger partial charge >= 0.3 is 5.97 Å². The summed E-state index contributed by atoms with van der Waals surface area (Å²) in [5, 5.41) is 0. The third-order valence-corrected chi connectivity index (χ3v) is 6.56. The monoisotopic (exact) mass is 393 g/mol. The Morgan fingerprint density at radius 3 is 2.74 bits per heavy atom. The molecule has 3 rings (SSSR count). The van der Waals surface area contributed by atoms with E-state index >= 15 is 0 Å². The van der Waals surface area contributed by atoms with E-state index in [1.54, 1.807) is 23.6 Å². The van der Waals surface area contributed by atoms with Crippen LogP contribution < -0.4 is 0 Å². The maximum atomic E-state index is 12.7. The number of fused-ring (bicyclic) bond motifs is 1. The Morgan fingerprint density at radius 1 is 1.41 bits per heavy atom. The number of ether oxygens (including phenoxy) is 1. The number of esters is 1. The number of carbonyl (C=O) groups is 2. The van der Waals surface area contributed by atoms with Gasteiger partial charge in [-0.1, -0.05) is 6.07 Å². The lowest BCUT2D eigenvalue weighted by Crippen LogP contribution is -2.46. The van der Waals surface area contributed by atoms with Crippen molar-refractivity contribution < 1.29 is 22.7 Å². The summed E-state index contributed by atoms with van der Waals surface area (Å²) in [4.78, 5) is 30.8. The quantitative estimate of drug-likeness (QED) is 0.709. The van der Waals surface area contributed by atoms with Gasteiger partial charge in [0.25, 0.3) is 5.91 Å². The van der Waals surface area contributed by atoms with Crippen LogP contribution in [0.3, 0.4) is 0 Å². The third kappa shape index (κ3) is 3.97. The molecule has 1 amide bonds. The zero-order valence-corrected chi connectivity index (χ0v) is 16.4. The van der Waals surface area contributed by atoms with Gasteiger partial charge in [-0.05, 0) is 39.3 Å². The van der Waals surface area contributed by atoms with Crippen molar-refractivity contribution in [1.29, 1.82) is 0 Å². The third-order valence-electron chi connectivity index (χ3n) is 4.81. The molecule has 2 aromatic rings. The molecule has 2 aromatic heterocycles. The lowest BCUT2D eigenvalue weighted by atomic mass is 10.2. The molecule has 1 aliphatic heterocycles. The average molecular weight is 393 g/mol. The summed E-state index contributed by atoms with van der Waals surface area (Å²) in [5.41, 5.74) is 1.66. The van der Waals surface area contributed by atoms with Gasteiger partial charge in [-0.2, -0.15) is 0 Å². The van der Waals surface area contributed by atoms with E-state index in [-0.39, 0.29) is 23.2 Å². The zero-order valence-electron chi connectivity index (χ0n) is 15.6. The first-order chi connectivity index (χ1) is 12.7. The number of rotatable bonds is 5. The molecule has 8 nitrogen and oxygen atoms in total. The molecule has 0 N–H and O–H groups in total. The fourth-order valence-electron chi connectivity index (χ4n) is 3.37. The number of likely N-dealkylation sites (N-methyl/N-ethyl adjacent to an activating group) is 1. The van der Waals surface area contributed by atoms with Gasteiger partial charge in [-0.15, -0.1) is 0 Å². The van der Waals surface area contributed by atoms with E-state index in [2.05, 4.69) is 4.98 Å². The van der Waals surface area contributed by atoms with Crippen LogP contribution in [-0.2, 0) is 19.4 Å². The second-order valence-electron chi connectivity index (χ2n) is 6.75. The summed E-state index contributed by atoms with van der Waals surface area (Å²) in [5.74, 6) is -1.04. The van der Waals surface area contributed by atoms with E-state index in [1.807, 2.05) is 19.1 Å². The van der Waals surface area contributed by atoms with Crippen molar-refractivity contribution in [3.05, 3.63) is 35.8 Å². The van der Waals surface area contributed by atoms with Crippen LogP contribution in [0.1, 0.15) is 36.5 Å². The van der Waals surface area contributed by atoms with E-state index in [0.717, 1.165) is 5.69 Å². The first-order valence-electron chi connectivity index (χ1n) is 8.88. The molecule has 3 heterocycles. The molecule has 0 spiro atoms. The maximum Gasteiger partial charge on any atom is 0.359 e. The lowest BCUT2D eigenvalue weighted by molar-refractivity contribution is -0.141. The first-order valence-corrected chi connectivity index (χ1v) is 10.7. The smallest absolute Gasteiger partial charge is 0.359 e. The van der Waals surface area contributed by atoms with E-state index in [1.165, 1.54) is 11.8 Å². The lowest BCUT2D eigenvalue weighted by Gasteiger charge is -2.29. The highest BCUT2D eigenvalue weighted by Gasteiger charge is 2.36. The minimum absolute atomic E-state index is 0.0427. The number of carbonyl (C=O) groups excluding carboxylic acids is 2. The average Bonchev–Trinajstić information content (AvgIpc) is 3.19. The van der Waals surface area contributed by atoms with Crippen molar-refractivity contribution in [3.8, 4) is 0 Å². The van der Waals surface area contributed by atoms with Gasteiger partial charge in [0.1, 0.15) is 5.65 Å². The van der Waals surface area contributed by atoms with Crippen LogP contribution >= 0.6 is 0 Å². The molecular weight excluding hydrogens is 370 g/mol. The second kappa shape index (κ2) is 7.30. The molecule has 0 aromatic carbocycles. The van der Waals surface area contributed by atoms with Crippen LogP contribution in [-0.4, -0.2) is 64.8 Å². The zero-order chi connectivity index (χ0) is 19.8. The van der Waals surface area contributed by atoms with Gasteiger partial charge in [0, 0.05) is 24.5 Å². The molecule has 27 heavy (non-hydrogen) atoms. The van der Waals surface area contributed by atoms with E-state index in [4.69, 9.17) is 4.74 Å². The number of imidazole rings is 1. The molecule has 1 saturated heterocycles. The number of aryl methyl sites for hydroxylation is 1. The minimum Gasteiger partial charge on any atom is -0.448 e. The number of sulfone groups is 1. The number of pyridine rings is 1. The van der Waals surface area contributed by atoms with Gasteiger partial charge < -0.3 is 14.0 Å². The van der Waals surface area contributed by atoms with Gasteiger partial charge in [0.15, 0.2) is 21.6 Å².